The van der Waals surface area contributed by atoms with Crippen LogP contribution in [0, 0.1) is 0 Å². The van der Waals surface area contributed by atoms with Gasteiger partial charge in [-0.1, -0.05) is 218 Å². The Morgan fingerprint density at radius 1 is 0.232 bits per heavy atom. The minimum absolute atomic E-state index is 0.00423. The number of hydrogen-bond donors (Lipinski definition) is 0. The standard InChI is InChI=1S/C89H80O23/c1-97-87-77(100-54-60-36-16-4-17-37-60)74(99-53-59-34-14-3-15-35-59)71(98-52-58-32-12-2-13-33-58)68(104-87)56-102-88-79(112-86(96)67-50-30-11-31-51-67)76(110-84(94)65-46-26-9-27-47-65)73(108-82(92)63-42-22-7-23-43-63)70(106-88)57-103-89-78(111-85(95)66-48-28-10-29-49-66)75(109-83(93)64-44-24-8-25-45-64)72(107-81(91)62-40-20-6-21-41-62)69(105-89)55-101-80(90)61-38-18-5-19-39-61/h2-51,68-79,87-89H,52-57H2,1H3/t68-,69-,70-,71+,72-,73-,74+,75+,76+,77-,78-,79-,87-,88-,89-/m1/s1. The smallest absolute Gasteiger partial charge is 0.338 e. The molecule has 112 heavy (non-hydrogen) atoms. The predicted molar refractivity (Wildman–Crippen MR) is 401 cm³/mol. The Kier molecular flexibility index (Phi) is 27.4. The molecular formula is C89H80O23. The van der Waals surface area contributed by atoms with E-state index in [1.165, 1.54) is 92.0 Å². The average Bonchev–Trinajstić information content (AvgIpc) is 0.773. The van der Waals surface area contributed by atoms with Crippen molar-refractivity contribution < 1.29 is 109 Å². The van der Waals surface area contributed by atoms with Gasteiger partial charge in [-0.15, -0.1) is 0 Å². The van der Waals surface area contributed by atoms with Gasteiger partial charge in [0.05, 0.1) is 72.0 Å². The summed E-state index contributed by atoms with van der Waals surface area (Å²) < 4.78 is 106. The number of benzene rings is 10. The van der Waals surface area contributed by atoms with E-state index < -0.39 is 154 Å². The second-order valence-corrected chi connectivity index (χ2v) is 26.2. The summed E-state index contributed by atoms with van der Waals surface area (Å²) in [7, 11) is 1.45. The van der Waals surface area contributed by atoms with Crippen LogP contribution >= 0.6 is 0 Å². The van der Waals surface area contributed by atoms with Gasteiger partial charge in [0, 0.05) is 7.11 Å². The van der Waals surface area contributed by atoms with Crippen molar-refractivity contribution in [3.05, 3.63) is 359 Å². The van der Waals surface area contributed by atoms with Crippen LogP contribution in [0.3, 0.4) is 0 Å². The van der Waals surface area contributed by atoms with Gasteiger partial charge in [-0.2, -0.15) is 0 Å². The van der Waals surface area contributed by atoms with Crippen molar-refractivity contribution in [2.45, 2.75) is 112 Å². The van der Waals surface area contributed by atoms with E-state index in [1.54, 1.807) is 127 Å². The third-order valence-electron chi connectivity index (χ3n) is 18.6. The van der Waals surface area contributed by atoms with E-state index in [0.717, 1.165) is 16.7 Å². The minimum Gasteiger partial charge on any atom is -0.459 e. The van der Waals surface area contributed by atoms with E-state index in [4.69, 9.17) is 75.8 Å². The van der Waals surface area contributed by atoms with E-state index >= 15 is 9.59 Å². The first kappa shape index (κ1) is 78.3. The van der Waals surface area contributed by atoms with Gasteiger partial charge in [-0.05, 0) is 102 Å². The van der Waals surface area contributed by atoms with Gasteiger partial charge in [0.1, 0.15) is 43.2 Å². The molecule has 3 fully saturated rings. The Hall–Kier alpha value is -11.9. The number of rotatable bonds is 31. The van der Waals surface area contributed by atoms with Gasteiger partial charge < -0.3 is 75.8 Å². The highest BCUT2D eigenvalue weighted by atomic mass is 16.8. The molecule has 0 amide bonds. The molecule has 3 aliphatic rings. The Bertz CT molecular complexity index is 4640. The molecule has 0 bridgehead atoms. The highest BCUT2D eigenvalue weighted by Crippen LogP contribution is 2.38. The van der Waals surface area contributed by atoms with Crippen LogP contribution < -0.4 is 0 Å². The highest BCUT2D eigenvalue weighted by molar-refractivity contribution is 5.93. The van der Waals surface area contributed by atoms with Crippen molar-refractivity contribution >= 4 is 41.8 Å². The molecule has 0 aromatic heterocycles. The Morgan fingerprint density at radius 3 is 0.768 bits per heavy atom. The molecule has 15 atom stereocenters. The van der Waals surface area contributed by atoms with E-state index in [9.17, 15) is 24.0 Å². The summed E-state index contributed by atoms with van der Waals surface area (Å²) in [6.45, 7) is -1.92. The molecule has 23 heteroatoms. The van der Waals surface area contributed by atoms with E-state index in [-0.39, 0.29) is 58.8 Å². The SMILES string of the molecule is CO[C@@H]1O[C@H](CO[C@@H]2O[C@H](CO[C@@H]3O[C@H](COC(=O)c4ccccc4)[C@@H](OC(=O)c4ccccc4)[C@H](OC(=O)c4ccccc4)[C@H]3OC(=O)c3ccccc3)[C@@H](OC(=O)c3ccccc3)[C@H](OC(=O)c3ccccc3)[C@H]2OC(=O)c2ccccc2)[C@H](OCc2ccccc2)[C@H](OCc2ccccc2)[C@H]1OCc1ccccc1. The van der Waals surface area contributed by atoms with Crippen LogP contribution in [0.15, 0.2) is 303 Å². The summed E-state index contributed by atoms with van der Waals surface area (Å²) in [6.07, 6.45) is -24.1. The Balaban J connectivity index is 0.927. The third-order valence-corrected chi connectivity index (χ3v) is 18.6. The third kappa shape index (κ3) is 20.6. The summed E-state index contributed by atoms with van der Waals surface area (Å²) in [5.41, 5.74) is 2.70. The number of hydrogen-bond acceptors (Lipinski definition) is 23. The lowest BCUT2D eigenvalue weighted by Gasteiger charge is -2.47. The summed E-state index contributed by atoms with van der Waals surface area (Å²) >= 11 is 0. The largest absolute Gasteiger partial charge is 0.459 e. The van der Waals surface area contributed by atoms with E-state index in [0.29, 0.717) is 0 Å². The number of esters is 7. The van der Waals surface area contributed by atoms with Crippen LogP contribution in [0.25, 0.3) is 0 Å². The molecule has 0 N–H and O–H groups in total. The van der Waals surface area contributed by atoms with Crippen molar-refractivity contribution in [3.63, 3.8) is 0 Å². The maximum absolute atomic E-state index is 15.1. The lowest BCUT2D eigenvalue weighted by atomic mass is 9.96. The van der Waals surface area contributed by atoms with Crippen LogP contribution in [-0.4, -0.2) is 161 Å². The molecule has 10 aromatic carbocycles. The molecule has 574 valence electrons. The Labute approximate surface area is 645 Å². The van der Waals surface area contributed by atoms with Crippen LogP contribution in [0.1, 0.15) is 89.2 Å². The molecule has 3 aliphatic heterocycles. The van der Waals surface area contributed by atoms with Crippen molar-refractivity contribution in [3.8, 4) is 0 Å². The van der Waals surface area contributed by atoms with Crippen LogP contribution in [0.4, 0.5) is 0 Å². The minimum atomic E-state index is -1.99. The summed E-state index contributed by atoms with van der Waals surface area (Å²) in [4.78, 5) is 103. The number of ether oxygens (including phenoxy) is 16. The second-order valence-electron chi connectivity index (χ2n) is 26.2. The summed E-state index contributed by atoms with van der Waals surface area (Å²) in [5, 5.41) is 0. The molecule has 0 radical (unpaired) electrons. The maximum Gasteiger partial charge on any atom is 0.338 e. The van der Waals surface area contributed by atoms with Crippen molar-refractivity contribution in [1.29, 1.82) is 0 Å². The molecule has 3 heterocycles. The fourth-order valence-corrected chi connectivity index (χ4v) is 13.0. The lowest BCUT2D eigenvalue weighted by Crippen LogP contribution is -2.65. The molecule has 13 rings (SSSR count). The predicted octanol–water partition coefficient (Wildman–Crippen LogP) is 12.8. The van der Waals surface area contributed by atoms with E-state index in [1.807, 2.05) is 91.0 Å². The summed E-state index contributed by atoms with van der Waals surface area (Å²) in [6, 6.07) is 83.4. The van der Waals surface area contributed by atoms with Gasteiger partial charge >= 0.3 is 41.8 Å². The number of carbonyl (C=O) groups is 7. The van der Waals surface area contributed by atoms with Gasteiger partial charge in [0.15, 0.2) is 55.5 Å². The van der Waals surface area contributed by atoms with E-state index in [2.05, 4.69) is 0 Å². The number of methoxy groups -OCH3 is 1. The van der Waals surface area contributed by atoms with Crippen molar-refractivity contribution in [1.82, 2.24) is 0 Å². The zero-order chi connectivity index (χ0) is 77.4. The molecule has 0 spiro atoms. The zero-order valence-electron chi connectivity index (χ0n) is 60.7. The molecule has 10 aromatic rings. The number of carbonyl (C=O) groups excluding carboxylic acids is 7. The van der Waals surface area contributed by atoms with Crippen LogP contribution in [0.5, 0.6) is 0 Å². The fourth-order valence-electron chi connectivity index (χ4n) is 13.0. The average molecular weight is 1520 g/mol. The Morgan fingerprint density at radius 2 is 0.464 bits per heavy atom. The van der Waals surface area contributed by atoms with Gasteiger partial charge in [0.25, 0.3) is 0 Å². The first-order valence-electron chi connectivity index (χ1n) is 36.4. The molecule has 0 saturated carbocycles. The fraction of sp³-hybridized carbons (Fsp3) is 0.247. The molecule has 23 nitrogen and oxygen atoms in total. The highest BCUT2D eigenvalue weighted by Gasteiger charge is 2.58. The van der Waals surface area contributed by atoms with Crippen LogP contribution in [0.2, 0.25) is 0 Å². The molecular weight excluding hydrogens is 1440 g/mol. The van der Waals surface area contributed by atoms with Gasteiger partial charge in [0.2, 0.25) is 0 Å². The molecule has 3 saturated heterocycles. The molecule has 0 aliphatic carbocycles. The monoisotopic (exact) mass is 1520 g/mol. The first-order chi connectivity index (χ1) is 54.9. The zero-order valence-corrected chi connectivity index (χ0v) is 60.7. The topological polar surface area (TPSA) is 267 Å². The lowest BCUT2D eigenvalue weighted by molar-refractivity contribution is -0.346. The summed E-state index contributed by atoms with van der Waals surface area (Å²) in [5.74, 6) is -6.74. The second kappa shape index (κ2) is 39.2. The van der Waals surface area contributed by atoms with Gasteiger partial charge in [-0.25, -0.2) is 33.6 Å². The normalized spacial score (nSPS) is 23.3. The van der Waals surface area contributed by atoms with Crippen molar-refractivity contribution in [2.75, 3.05) is 26.9 Å². The van der Waals surface area contributed by atoms with Crippen molar-refractivity contribution in [2.24, 2.45) is 0 Å². The van der Waals surface area contributed by atoms with Crippen LogP contribution in [-0.2, 0) is 95.6 Å². The van der Waals surface area contributed by atoms with Gasteiger partial charge in [-0.3, -0.25) is 0 Å². The maximum atomic E-state index is 15.1. The first-order valence-corrected chi connectivity index (χ1v) is 36.4. The quantitative estimate of drug-likeness (QED) is 0.0288. The molecule has 0 unspecified atom stereocenters.